The molecule has 1 saturated heterocycles. The van der Waals surface area contributed by atoms with Crippen molar-refractivity contribution in [2.24, 2.45) is 5.92 Å². The van der Waals surface area contributed by atoms with Gasteiger partial charge in [-0.2, -0.15) is 0 Å². The lowest BCUT2D eigenvalue weighted by Gasteiger charge is -2.37. The van der Waals surface area contributed by atoms with Gasteiger partial charge < -0.3 is 15.0 Å². The molecule has 1 N–H and O–H groups in total. The number of amides is 2. The third kappa shape index (κ3) is 4.97. The first-order valence-electron chi connectivity index (χ1n) is 9.11. The zero-order chi connectivity index (χ0) is 19.1. The number of nitrogens with zero attached hydrogens (tertiary/aromatic N) is 1. The topological polar surface area (TPSA) is 58.6 Å². The normalized spacial score (nSPS) is 13.6. The van der Waals surface area contributed by atoms with E-state index in [4.69, 9.17) is 4.74 Å². The van der Waals surface area contributed by atoms with Crippen molar-refractivity contribution in [3.8, 4) is 5.75 Å². The minimum absolute atomic E-state index is 0.00852. The molecule has 0 atom stereocenters. The molecule has 0 radical (unpaired) electrons. The fourth-order valence-corrected chi connectivity index (χ4v) is 3.00. The van der Waals surface area contributed by atoms with Gasteiger partial charge in [-0.3, -0.25) is 9.59 Å². The molecule has 3 rings (SSSR count). The Bertz CT molecular complexity index is 798. The van der Waals surface area contributed by atoms with E-state index in [1.54, 1.807) is 4.90 Å². The van der Waals surface area contributed by atoms with Gasteiger partial charge >= 0.3 is 0 Å². The summed E-state index contributed by atoms with van der Waals surface area (Å²) in [5.41, 5.74) is 2.18. The first-order chi connectivity index (χ1) is 13.2. The molecule has 2 aromatic rings. The first-order valence-corrected chi connectivity index (χ1v) is 9.11. The van der Waals surface area contributed by atoms with Crippen LogP contribution >= 0.6 is 0 Å². The van der Waals surface area contributed by atoms with Gasteiger partial charge in [-0.05, 0) is 29.7 Å². The average molecular weight is 364 g/mol. The Morgan fingerprint density at radius 3 is 2.56 bits per heavy atom. The van der Waals surface area contributed by atoms with Crippen molar-refractivity contribution in [1.82, 2.24) is 10.2 Å². The molecule has 0 aliphatic carbocycles. The maximum absolute atomic E-state index is 12.2. The molecule has 5 heteroatoms. The van der Waals surface area contributed by atoms with E-state index in [0.29, 0.717) is 32.7 Å². The predicted molar refractivity (Wildman–Crippen MR) is 104 cm³/mol. The zero-order valence-electron chi connectivity index (χ0n) is 15.3. The summed E-state index contributed by atoms with van der Waals surface area (Å²) in [6.45, 7) is 5.44. The lowest BCUT2D eigenvalue weighted by Crippen LogP contribution is -2.55. The fourth-order valence-electron chi connectivity index (χ4n) is 3.00. The SMILES string of the molecule is C=CC(=O)N1CC(C(=O)NCCc2ccccc2OCc2ccccc2)C1. The molecule has 5 nitrogen and oxygen atoms in total. The molecule has 1 fully saturated rings. The standard InChI is InChI=1S/C22H24N2O3/c1-2-21(25)24-14-19(15-24)22(26)23-13-12-18-10-6-7-11-20(18)27-16-17-8-4-3-5-9-17/h2-11,19H,1,12-16H2,(H,23,26). The van der Waals surface area contributed by atoms with Crippen LogP contribution in [0.15, 0.2) is 67.3 Å². The number of carbonyl (C=O) groups is 2. The van der Waals surface area contributed by atoms with Crippen LogP contribution in [-0.4, -0.2) is 36.3 Å². The third-order valence-electron chi connectivity index (χ3n) is 4.64. The zero-order valence-corrected chi connectivity index (χ0v) is 15.3. The van der Waals surface area contributed by atoms with Gasteiger partial charge in [0.15, 0.2) is 0 Å². The molecule has 0 saturated carbocycles. The molecule has 0 bridgehead atoms. The molecule has 140 valence electrons. The summed E-state index contributed by atoms with van der Waals surface area (Å²) in [6.07, 6.45) is 1.97. The monoisotopic (exact) mass is 364 g/mol. The van der Waals surface area contributed by atoms with E-state index in [0.717, 1.165) is 16.9 Å². The number of carbonyl (C=O) groups excluding carboxylic acids is 2. The highest BCUT2D eigenvalue weighted by molar-refractivity contribution is 5.90. The highest BCUT2D eigenvalue weighted by Crippen LogP contribution is 2.20. The Balaban J connectivity index is 1.45. The highest BCUT2D eigenvalue weighted by atomic mass is 16.5. The number of ether oxygens (including phenoxy) is 1. The number of nitrogens with one attached hydrogen (secondary N) is 1. The van der Waals surface area contributed by atoms with E-state index in [1.165, 1.54) is 6.08 Å². The van der Waals surface area contributed by atoms with E-state index < -0.39 is 0 Å². The van der Waals surface area contributed by atoms with E-state index >= 15 is 0 Å². The Morgan fingerprint density at radius 1 is 1.11 bits per heavy atom. The van der Waals surface area contributed by atoms with Crippen LogP contribution in [0, 0.1) is 5.92 Å². The molecule has 0 spiro atoms. The van der Waals surface area contributed by atoms with Crippen LogP contribution < -0.4 is 10.1 Å². The number of rotatable bonds is 8. The Labute approximate surface area is 159 Å². The Hall–Kier alpha value is -3.08. The van der Waals surface area contributed by atoms with Crippen molar-refractivity contribution in [3.63, 3.8) is 0 Å². The quantitative estimate of drug-likeness (QED) is 0.733. The van der Waals surface area contributed by atoms with Crippen LogP contribution in [-0.2, 0) is 22.6 Å². The first kappa shape index (κ1) is 18.7. The van der Waals surface area contributed by atoms with E-state index in [-0.39, 0.29) is 17.7 Å². The number of hydrogen-bond donors (Lipinski definition) is 1. The van der Waals surface area contributed by atoms with E-state index in [1.807, 2.05) is 54.6 Å². The third-order valence-corrected chi connectivity index (χ3v) is 4.64. The summed E-state index contributed by atoms with van der Waals surface area (Å²) in [5.74, 6) is 0.579. The van der Waals surface area contributed by atoms with Crippen LogP contribution in [0.1, 0.15) is 11.1 Å². The molecule has 2 amide bonds. The molecule has 1 aliphatic rings. The number of likely N-dealkylation sites (tertiary alicyclic amines) is 1. The second-order valence-corrected chi connectivity index (χ2v) is 6.57. The Kier molecular flexibility index (Phi) is 6.26. The smallest absolute Gasteiger partial charge is 0.246 e. The largest absolute Gasteiger partial charge is 0.489 e. The van der Waals surface area contributed by atoms with Crippen LogP contribution in [0.25, 0.3) is 0 Å². The molecule has 2 aromatic carbocycles. The summed E-state index contributed by atoms with van der Waals surface area (Å²) in [7, 11) is 0. The Morgan fingerprint density at radius 2 is 1.81 bits per heavy atom. The molecule has 0 unspecified atom stereocenters. The molecule has 1 heterocycles. The molecule has 0 aromatic heterocycles. The van der Waals surface area contributed by atoms with E-state index in [9.17, 15) is 9.59 Å². The van der Waals surface area contributed by atoms with Gasteiger partial charge in [0.2, 0.25) is 11.8 Å². The highest BCUT2D eigenvalue weighted by Gasteiger charge is 2.34. The number of hydrogen-bond acceptors (Lipinski definition) is 3. The van der Waals surface area contributed by atoms with Gasteiger partial charge in [0.05, 0.1) is 5.92 Å². The summed E-state index contributed by atoms with van der Waals surface area (Å²) in [4.78, 5) is 25.2. The van der Waals surface area contributed by atoms with Crippen molar-refractivity contribution in [3.05, 3.63) is 78.4 Å². The van der Waals surface area contributed by atoms with Crippen molar-refractivity contribution >= 4 is 11.8 Å². The predicted octanol–water partition coefficient (Wildman–Crippen LogP) is 2.57. The van der Waals surface area contributed by atoms with Crippen LogP contribution in [0.3, 0.4) is 0 Å². The lowest BCUT2D eigenvalue weighted by molar-refractivity contribution is -0.139. The molecular formula is C22H24N2O3. The van der Waals surface area contributed by atoms with Gasteiger partial charge in [0, 0.05) is 19.6 Å². The molecular weight excluding hydrogens is 340 g/mol. The van der Waals surface area contributed by atoms with Gasteiger partial charge in [0.25, 0.3) is 0 Å². The lowest BCUT2D eigenvalue weighted by atomic mass is 9.99. The van der Waals surface area contributed by atoms with Gasteiger partial charge in [-0.1, -0.05) is 55.1 Å². The number of para-hydroxylation sites is 1. The van der Waals surface area contributed by atoms with Crippen LogP contribution in [0.5, 0.6) is 5.75 Å². The minimum Gasteiger partial charge on any atom is -0.489 e. The second kappa shape index (κ2) is 9.03. The van der Waals surface area contributed by atoms with Crippen LogP contribution in [0.4, 0.5) is 0 Å². The molecule has 1 aliphatic heterocycles. The van der Waals surface area contributed by atoms with Crippen molar-refractivity contribution < 1.29 is 14.3 Å². The van der Waals surface area contributed by atoms with Crippen LogP contribution in [0.2, 0.25) is 0 Å². The second-order valence-electron chi connectivity index (χ2n) is 6.57. The van der Waals surface area contributed by atoms with Crippen molar-refractivity contribution in [1.29, 1.82) is 0 Å². The summed E-state index contributed by atoms with van der Waals surface area (Å²) >= 11 is 0. The van der Waals surface area contributed by atoms with E-state index in [2.05, 4.69) is 11.9 Å². The van der Waals surface area contributed by atoms with Crippen molar-refractivity contribution in [2.75, 3.05) is 19.6 Å². The average Bonchev–Trinajstić information content (AvgIpc) is 2.66. The van der Waals surface area contributed by atoms with Gasteiger partial charge in [-0.25, -0.2) is 0 Å². The summed E-state index contributed by atoms with van der Waals surface area (Å²) < 4.78 is 5.95. The summed E-state index contributed by atoms with van der Waals surface area (Å²) in [6, 6.07) is 17.9. The van der Waals surface area contributed by atoms with Gasteiger partial charge in [0.1, 0.15) is 12.4 Å². The maximum atomic E-state index is 12.2. The number of benzene rings is 2. The maximum Gasteiger partial charge on any atom is 0.246 e. The fraction of sp³-hybridized carbons (Fsp3) is 0.273. The molecule has 27 heavy (non-hydrogen) atoms. The summed E-state index contributed by atoms with van der Waals surface area (Å²) in [5, 5.41) is 2.95. The van der Waals surface area contributed by atoms with Gasteiger partial charge in [-0.15, -0.1) is 0 Å². The minimum atomic E-state index is -0.126. The van der Waals surface area contributed by atoms with Crippen molar-refractivity contribution in [2.45, 2.75) is 13.0 Å².